The Bertz CT molecular complexity index is 390. The van der Waals surface area contributed by atoms with E-state index in [0.29, 0.717) is 12.6 Å². The first kappa shape index (κ1) is 17.0. The highest BCUT2D eigenvalue weighted by Gasteiger charge is 2.17. The van der Waals surface area contributed by atoms with Gasteiger partial charge in [0.05, 0.1) is 12.2 Å². The maximum Gasteiger partial charge on any atom is 0.124 e. The van der Waals surface area contributed by atoms with Gasteiger partial charge in [-0.05, 0) is 39.8 Å². The van der Waals surface area contributed by atoms with Crippen molar-refractivity contribution in [2.24, 2.45) is 0 Å². The van der Waals surface area contributed by atoms with Crippen LogP contribution in [0.4, 0.5) is 0 Å². The van der Waals surface area contributed by atoms with Gasteiger partial charge in [0.2, 0.25) is 0 Å². The van der Waals surface area contributed by atoms with Crippen LogP contribution in [0.15, 0.2) is 24.3 Å². The van der Waals surface area contributed by atoms with Crippen molar-refractivity contribution in [3.63, 3.8) is 0 Å². The Kier molecular flexibility index (Phi) is 7.03. The van der Waals surface area contributed by atoms with Crippen LogP contribution < -0.4 is 10.1 Å². The number of methoxy groups -OCH3 is 1. The topological polar surface area (TPSA) is 30.5 Å². The van der Waals surface area contributed by atoms with Crippen molar-refractivity contribution in [1.29, 1.82) is 0 Å². The molecule has 0 fully saturated rings. The second-order valence-electron chi connectivity index (χ2n) is 5.78. The molecule has 0 aliphatic rings. The maximum absolute atomic E-state index is 5.96. The van der Waals surface area contributed by atoms with E-state index in [1.807, 2.05) is 12.1 Å². The van der Waals surface area contributed by atoms with Crippen LogP contribution in [0.1, 0.15) is 52.1 Å². The Hall–Kier alpha value is -1.06. The zero-order valence-electron chi connectivity index (χ0n) is 13.5. The molecule has 1 unspecified atom stereocenters. The van der Waals surface area contributed by atoms with Gasteiger partial charge in [0.15, 0.2) is 0 Å². The third kappa shape index (κ3) is 5.51. The molecular weight excluding hydrogens is 250 g/mol. The van der Waals surface area contributed by atoms with Gasteiger partial charge in [0.1, 0.15) is 5.75 Å². The van der Waals surface area contributed by atoms with Crippen LogP contribution >= 0.6 is 0 Å². The molecule has 1 N–H and O–H groups in total. The Labute approximate surface area is 123 Å². The van der Waals surface area contributed by atoms with Gasteiger partial charge in [-0.1, -0.05) is 25.1 Å². The molecular formula is C17H29NO2. The Morgan fingerprint density at radius 3 is 2.60 bits per heavy atom. The summed E-state index contributed by atoms with van der Waals surface area (Å²) >= 11 is 0. The van der Waals surface area contributed by atoms with E-state index in [2.05, 4.69) is 45.1 Å². The van der Waals surface area contributed by atoms with Gasteiger partial charge >= 0.3 is 0 Å². The molecule has 3 nitrogen and oxygen atoms in total. The molecule has 0 aromatic heterocycles. The fraction of sp³-hybridized carbons (Fsp3) is 0.647. The standard InChI is InChI=1S/C17H29NO2/c1-6-12-18-14(2)15-9-7-8-10-16(15)20-13-11-17(3,4)19-5/h7-10,14,18H,6,11-13H2,1-5H3. The Balaban J connectivity index is 2.61. The van der Waals surface area contributed by atoms with Crippen molar-refractivity contribution in [3.05, 3.63) is 29.8 Å². The zero-order valence-corrected chi connectivity index (χ0v) is 13.5. The van der Waals surface area contributed by atoms with E-state index in [1.165, 1.54) is 5.56 Å². The number of benzene rings is 1. The summed E-state index contributed by atoms with van der Waals surface area (Å²) in [5, 5.41) is 3.50. The zero-order chi connectivity index (χ0) is 15.0. The number of nitrogens with one attached hydrogen (secondary N) is 1. The lowest BCUT2D eigenvalue weighted by Gasteiger charge is -2.24. The lowest BCUT2D eigenvalue weighted by Crippen LogP contribution is -2.25. The summed E-state index contributed by atoms with van der Waals surface area (Å²) in [5.74, 6) is 0.968. The van der Waals surface area contributed by atoms with Crippen LogP contribution in [0, 0.1) is 0 Å². The summed E-state index contributed by atoms with van der Waals surface area (Å²) in [7, 11) is 1.74. The quantitative estimate of drug-likeness (QED) is 0.742. The highest BCUT2D eigenvalue weighted by Crippen LogP contribution is 2.25. The molecule has 114 valence electrons. The first-order valence-electron chi connectivity index (χ1n) is 7.50. The lowest BCUT2D eigenvalue weighted by molar-refractivity contribution is 0.00535. The summed E-state index contributed by atoms with van der Waals surface area (Å²) in [6.45, 7) is 10.2. The summed E-state index contributed by atoms with van der Waals surface area (Å²) in [6.07, 6.45) is 2.00. The van der Waals surface area contributed by atoms with Crippen molar-refractivity contribution in [1.82, 2.24) is 5.32 Å². The fourth-order valence-electron chi connectivity index (χ4n) is 1.95. The van der Waals surface area contributed by atoms with Crippen LogP contribution in [0.2, 0.25) is 0 Å². The Morgan fingerprint density at radius 1 is 1.25 bits per heavy atom. The van der Waals surface area contributed by atoms with E-state index in [1.54, 1.807) is 7.11 Å². The van der Waals surface area contributed by atoms with Crippen molar-refractivity contribution in [2.75, 3.05) is 20.3 Å². The molecule has 1 rings (SSSR count). The van der Waals surface area contributed by atoms with Crippen molar-refractivity contribution in [3.8, 4) is 5.75 Å². The summed E-state index contributed by atoms with van der Waals surface area (Å²) in [5.41, 5.74) is 1.08. The van der Waals surface area contributed by atoms with E-state index in [0.717, 1.165) is 25.1 Å². The fourth-order valence-corrected chi connectivity index (χ4v) is 1.95. The molecule has 0 saturated carbocycles. The van der Waals surface area contributed by atoms with Crippen LogP contribution in [0.3, 0.4) is 0 Å². The van der Waals surface area contributed by atoms with E-state index in [9.17, 15) is 0 Å². The molecule has 3 heteroatoms. The Morgan fingerprint density at radius 2 is 1.95 bits per heavy atom. The average molecular weight is 279 g/mol. The summed E-state index contributed by atoms with van der Waals surface area (Å²) in [4.78, 5) is 0. The van der Waals surface area contributed by atoms with Crippen LogP contribution in [-0.4, -0.2) is 25.9 Å². The van der Waals surface area contributed by atoms with E-state index < -0.39 is 0 Å². The lowest BCUT2D eigenvalue weighted by atomic mass is 10.1. The highest BCUT2D eigenvalue weighted by atomic mass is 16.5. The first-order chi connectivity index (χ1) is 9.50. The van der Waals surface area contributed by atoms with Crippen LogP contribution in [0.25, 0.3) is 0 Å². The predicted molar refractivity (Wildman–Crippen MR) is 84.4 cm³/mol. The van der Waals surface area contributed by atoms with E-state index in [-0.39, 0.29) is 5.60 Å². The van der Waals surface area contributed by atoms with Crippen LogP contribution in [-0.2, 0) is 4.74 Å². The molecule has 0 radical (unpaired) electrons. The van der Waals surface area contributed by atoms with Gasteiger partial charge in [-0.25, -0.2) is 0 Å². The number of hydrogen-bond donors (Lipinski definition) is 1. The minimum atomic E-state index is -0.138. The monoisotopic (exact) mass is 279 g/mol. The third-order valence-corrected chi connectivity index (χ3v) is 3.60. The average Bonchev–Trinajstić information content (AvgIpc) is 2.45. The van der Waals surface area contributed by atoms with E-state index >= 15 is 0 Å². The molecule has 0 amide bonds. The molecule has 0 bridgehead atoms. The molecule has 0 heterocycles. The largest absolute Gasteiger partial charge is 0.493 e. The summed E-state index contributed by atoms with van der Waals surface area (Å²) < 4.78 is 11.4. The van der Waals surface area contributed by atoms with E-state index in [4.69, 9.17) is 9.47 Å². The van der Waals surface area contributed by atoms with Crippen molar-refractivity contribution < 1.29 is 9.47 Å². The molecule has 1 aromatic rings. The number of rotatable bonds is 9. The van der Waals surface area contributed by atoms with Crippen molar-refractivity contribution in [2.45, 2.75) is 52.2 Å². The molecule has 20 heavy (non-hydrogen) atoms. The highest BCUT2D eigenvalue weighted by molar-refractivity contribution is 5.35. The normalized spacial score (nSPS) is 13.2. The number of ether oxygens (including phenoxy) is 2. The second-order valence-corrected chi connectivity index (χ2v) is 5.78. The van der Waals surface area contributed by atoms with Gasteiger partial charge in [0, 0.05) is 25.1 Å². The molecule has 0 aliphatic carbocycles. The molecule has 0 saturated heterocycles. The van der Waals surface area contributed by atoms with Gasteiger partial charge in [-0.15, -0.1) is 0 Å². The predicted octanol–water partition coefficient (Wildman–Crippen LogP) is 3.94. The first-order valence-corrected chi connectivity index (χ1v) is 7.50. The minimum Gasteiger partial charge on any atom is -0.493 e. The smallest absolute Gasteiger partial charge is 0.124 e. The van der Waals surface area contributed by atoms with Gasteiger partial charge in [-0.3, -0.25) is 0 Å². The number of para-hydroxylation sites is 1. The van der Waals surface area contributed by atoms with Gasteiger partial charge in [0.25, 0.3) is 0 Å². The van der Waals surface area contributed by atoms with Gasteiger partial charge < -0.3 is 14.8 Å². The molecule has 1 aromatic carbocycles. The molecule has 0 spiro atoms. The SMILES string of the molecule is CCCNC(C)c1ccccc1OCCC(C)(C)OC. The molecule has 1 atom stereocenters. The van der Waals surface area contributed by atoms with Gasteiger partial charge in [-0.2, -0.15) is 0 Å². The third-order valence-electron chi connectivity index (χ3n) is 3.60. The minimum absolute atomic E-state index is 0.138. The number of hydrogen-bond acceptors (Lipinski definition) is 3. The molecule has 0 aliphatic heterocycles. The van der Waals surface area contributed by atoms with Crippen LogP contribution in [0.5, 0.6) is 5.75 Å². The maximum atomic E-state index is 5.96. The van der Waals surface area contributed by atoms with Crippen molar-refractivity contribution >= 4 is 0 Å². The summed E-state index contributed by atoms with van der Waals surface area (Å²) in [6, 6.07) is 8.56. The second kappa shape index (κ2) is 8.28.